The lowest BCUT2D eigenvalue weighted by atomic mass is 9.91. The van der Waals surface area contributed by atoms with E-state index >= 15 is 0 Å². The average molecular weight is 567 g/mol. The number of rotatable bonds is 9. The number of ether oxygens (including phenoxy) is 1. The molecule has 2 aliphatic heterocycles. The zero-order chi connectivity index (χ0) is 29.4. The molecule has 11 heteroatoms. The Morgan fingerprint density at radius 2 is 1.76 bits per heavy atom. The molecule has 1 aromatic heterocycles. The normalized spacial score (nSPS) is 18.4. The Morgan fingerprint density at radius 1 is 1.02 bits per heavy atom. The molecule has 1 aromatic carbocycles. The predicted octanol–water partition coefficient (Wildman–Crippen LogP) is 3.58. The number of hydrogen-bond donors (Lipinski definition) is 3. The lowest BCUT2D eigenvalue weighted by Gasteiger charge is -2.34. The van der Waals surface area contributed by atoms with Crippen LogP contribution in [0.4, 0.5) is 4.79 Å². The van der Waals surface area contributed by atoms with E-state index < -0.39 is 24.0 Å². The molecule has 0 spiro atoms. The third-order valence-corrected chi connectivity index (χ3v) is 8.07. The van der Waals surface area contributed by atoms with Crippen LogP contribution in [0.25, 0.3) is 11.1 Å². The minimum Gasteiger partial charge on any atom is -0.508 e. The van der Waals surface area contributed by atoms with Crippen LogP contribution in [-0.2, 0) is 19.1 Å². The first kappa shape index (κ1) is 29.8. The molecule has 0 aliphatic carbocycles. The van der Waals surface area contributed by atoms with E-state index in [0.717, 1.165) is 24.0 Å². The molecular formula is C30H38N4O7. The van der Waals surface area contributed by atoms with Crippen LogP contribution >= 0.6 is 0 Å². The van der Waals surface area contributed by atoms with E-state index in [1.54, 1.807) is 41.6 Å². The molecule has 0 saturated carbocycles. The average Bonchev–Trinajstić information content (AvgIpc) is 3.00. The number of likely N-dealkylation sites (tertiary alicyclic amines) is 2. The first-order chi connectivity index (χ1) is 19.7. The maximum atomic E-state index is 13.4. The fraction of sp³-hybridized carbons (Fsp3) is 0.500. The molecule has 3 amide bonds. The number of amides is 3. The van der Waals surface area contributed by atoms with Crippen LogP contribution in [0.15, 0.2) is 42.7 Å². The van der Waals surface area contributed by atoms with Crippen LogP contribution in [0.5, 0.6) is 5.75 Å². The molecule has 41 heavy (non-hydrogen) atoms. The molecule has 3 heterocycles. The summed E-state index contributed by atoms with van der Waals surface area (Å²) in [7, 11) is 1.30. The largest absolute Gasteiger partial charge is 0.508 e. The highest BCUT2D eigenvalue weighted by Gasteiger charge is 2.31. The number of esters is 1. The van der Waals surface area contributed by atoms with Crippen molar-refractivity contribution in [2.45, 2.75) is 51.0 Å². The number of phenolic OH excluding ortho intramolecular Hbond substituents is 1. The van der Waals surface area contributed by atoms with Gasteiger partial charge in [0.2, 0.25) is 11.8 Å². The number of nitrogens with one attached hydrogen (secondary N) is 1. The highest BCUT2D eigenvalue weighted by atomic mass is 16.5. The second-order valence-corrected chi connectivity index (χ2v) is 10.8. The fourth-order valence-corrected chi connectivity index (χ4v) is 5.57. The number of hydrogen-bond acceptors (Lipinski definition) is 7. The van der Waals surface area contributed by atoms with Crippen molar-refractivity contribution >= 4 is 23.9 Å². The molecule has 4 rings (SSSR count). The van der Waals surface area contributed by atoms with Crippen molar-refractivity contribution in [2.24, 2.45) is 11.8 Å². The van der Waals surface area contributed by atoms with E-state index in [4.69, 9.17) is 9.84 Å². The second kappa shape index (κ2) is 14.0. The molecule has 2 aromatic rings. The number of piperidine rings is 2. The summed E-state index contributed by atoms with van der Waals surface area (Å²) in [4.78, 5) is 57.2. The monoisotopic (exact) mass is 566 g/mol. The number of carbonyl (C=O) groups excluding carboxylic acids is 3. The number of phenols is 1. The van der Waals surface area contributed by atoms with Crippen molar-refractivity contribution in [1.29, 1.82) is 0 Å². The summed E-state index contributed by atoms with van der Waals surface area (Å²) in [5, 5.41) is 21.7. The van der Waals surface area contributed by atoms with Crippen LogP contribution in [0.2, 0.25) is 0 Å². The van der Waals surface area contributed by atoms with Crippen molar-refractivity contribution in [3.8, 4) is 16.9 Å². The molecule has 11 nitrogen and oxygen atoms in total. The fourth-order valence-electron chi connectivity index (χ4n) is 5.57. The minimum absolute atomic E-state index is 0.0140. The maximum absolute atomic E-state index is 13.4. The first-order valence-electron chi connectivity index (χ1n) is 14.1. The summed E-state index contributed by atoms with van der Waals surface area (Å²) >= 11 is 0. The SMILES string of the molecule is COC(=O)CC(NC(=O)[C@@H]1CCCN(C(=O)CCC2CCN(C(=O)O)CC2)C1)c1cncc(-c2ccc(O)cc2)c1. The number of benzene rings is 1. The topological polar surface area (TPSA) is 149 Å². The molecular weight excluding hydrogens is 528 g/mol. The molecule has 2 fully saturated rings. The molecule has 2 aliphatic rings. The van der Waals surface area contributed by atoms with Crippen molar-refractivity contribution in [3.05, 3.63) is 48.3 Å². The number of carbonyl (C=O) groups is 4. The number of pyridine rings is 1. The Bertz CT molecular complexity index is 1230. The van der Waals surface area contributed by atoms with Crippen molar-refractivity contribution < 1.29 is 34.1 Å². The Kier molecular flexibility index (Phi) is 10.2. The van der Waals surface area contributed by atoms with E-state index in [-0.39, 0.29) is 24.0 Å². The Morgan fingerprint density at radius 3 is 2.44 bits per heavy atom. The minimum atomic E-state index is -0.896. The third-order valence-electron chi connectivity index (χ3n) is 8.07. The van der Waals surface area contributed by atoms with Crippen molar-refractivity contribution in [2.75, 3.05) is 33.3 Å². The van der Waals surface area contributed by atoms with Gasteiger partial charge in [-0.25, -0.2) is 4.79 Å². The summed E-state index contributed by atoms with van der Waals surface area (Å²) in [6.45, 7) is 1.92. The molecule has 3 N–H and O–H groups in total. The second-order valence-electron chi connectivity index (χ2n) is 10.8. The van der Waals surface area contributed by atoms with Crippen LogP contribution in [0.1, 0.15) is 56.6 Å². The Hall–Kier alpha value is -4.15. The van der Waals surface area contributed by atoms with Gasteiger partial charge in [-0.2, -0.15) is 0 Å². The van der Waals surface area contributed by atoms with Gasteiger partial charge in [0.05, 0.1) is 25.5 Å². The molecule has 2 atom stereocenters. The smallest absolute Gasteiger partial charge is 0.407 e. The summed E-state index contributed by atoms with van der Waals surface area (Å²) in [6, 6.07) is 7.86. The standard InChI is InChI=1S/C30H38N4O7/c1-41-28(37)16-26(24-15-23(17-31-18-24)21-5-7-25(35)8-6-21)32-29(38)22-3-2-12-34(19-22)27(36)9-4-20-10-13-33(14-11-20)30(39)40/h5-8,15,17-18,20,22,26,35H,2-4,9-14,16,19H2,1H3,(H,32,38)(H,39,40)/t22-,26?/m1/s1. The van der Waals surface area contributed by atoms with Gasteiger partial charge in [0.25, 0.3) is 0 Å². The number of methoxy groups -OCH3 is 1. The summed E-state index contributed by atoms with van der Waals surface area (Å²) < 4.78 is 4.88. The maximum Gasteiger partial charge on any atom is 0.407 e. The van der Waals surface area contributed by atoms with Crippen molar-refractivity contribution in [3.63, 3.8) is 0 Å². The number of nitrogens with zero attached hydrogens (tertiary/aromatic N) is 3. The van der Waals surface area contributed by atoms with Crippen LogP contribution in [0, 0.1) is 11.8 Å². The van der Waals surface area contributed by atoms with Crippen LogP contribution in [0.3, 0.4) is 0 Å². The number of aromatic nitrogens is 1. The molecule has 1 unspecified atom stereocenters. The zero-order valence-corrected chi connectivity index (χ0v) is 23.3. The molecule has 2 saturated heterocycles. The van der Waals surface area contributed by atoms with Crippen LogP contribution < -0.4 is 5.32 Å². The molecule has 0 bridgehead atoms. The van der Waals surface area contributed by atoms with Gasteiger partial charge < -0.3 is 30.1 Å². The van der Waals surface area contributed by atoms with Gasteiger partial charge in [0, 0.05) is 50.6 Å². The van der Waals surface area contributed by atoms with Gasteiger partial charge >= 0.3 is 12.1 Å². The number of aromatic hydroxyl groups is 1. The number of carboxylic acid groups (broad SMARTS) is 1. The van der Waals surface area contributed by atoms with Crippen molar-refractivity contribution in [1.82, 2.24) is 20.1 Å². The van der Waals surface area contributed by atoms with Gasteiger partial charge in [0.1, 0.15) is 5.75 Å². The zero-order valence-electron chi connectivity index (χ0n) is 23.3. The van der Waals surface area contributed by atoms with E-state index in [0.29, 0.717) is 63.3 Å². The highest BCUT2D eigenvalue weighted by Crippen LogP contribution is 2.27. The van der Waals surface area contributed by atoms with Gasteiger partial charge in [-0.1, -0.05) is 12.1 Å². The lowest BCUT2D eigenvalue weighted by Crippen LogP contribution is -2.46. The van der Waals surface area contributed by atoms with E-state index in [9.17, 15) is 24.3 Å². The first-order valence-corrected chi connectivity index (χ1v) is 14.1. The quantitative estimate of drug-likeness (QED) is 0.390. The summed E-state index contributed by atoms with van der Waals surface area (Å²) in [5.41, 5.74) is 2.25. The summed E-state index contributed by atoms with van der Waals surface area (Å²) in [6.07, 6.45) is 6.27. The highest BCUT2D eigenvalue weighted by molar-refractivity contribution is 5.82. The Labute approximate surface area is 239 Å². The lowest BCUT2D eigenvalue weighted by molar-refractivity contribution is -0.141. The van der Waals surface area contributed by atoms with E-state index in [1.807, 2.05) is 6.07 Å². The predicted molar refractivity (Wildman–Crippen MR) is 150 cm³/mol. The van der Waals surface area contributed by atoms with E-state index in [1.165, 1.54) is 12.0 Å². The van der Waals surface area contributed by atoms with E-state index in [2.05, 4.69) is 10.3 Å². The van der Waals surface area contributed by atoms with Crippen LogP contribution in [-0.4, -0.2) is 82.2 Å². The Balaban J connectivity index is 1.36. The summed E-state index contributed by atoms with van der Waals surface area (Å²) in [5.74, 6) is -0.620. The van der Waals surface area contributed by atoms with Gasteiger partial charge in [-0.15, -0.1) is 0 Å². The van der Waals surface area contributed by atoms with Gasteiger partial charge in [-0.05, 0) is 67.3 Å². The van der Waals surface area contributed by atoms with Gasteiger partial charge in [-0.3, -0.25) is 19.4 Å². The molecule has 220 valence electrons. The molecule has 0 radical (unpaired) electrons. The third kappa shape index (κ3) is 8.18. The van der Waals surface area contributed by atoms with Gasteiger partial charge in [0.15, 0.2) is 0 Å².